The number of rotatable bonds is 4. The molecule has 0 radical (unpaired) electrons. The fourth-order valence-electron chi connectivity index (χ4n) is 3.76. The maximum Gasteiger partial charge on any atom is 0.264 e. The summed E-state index contributed by atoms with van der Waals surface area (Å²) in [5.74, 6) is 0. The molecule has 0 bridgehead atoms. The van der Waals surface area contributed by atoms with Crippen molar-refractivity contribution in [1.29, 1.82) is 0 Å². The Hall–Kier alpha value is -0.950. The summed E-state index contributed by atoms with van der Waals surface area (Å²) in [6.45, 7) is 5.87. The van der Waals surface area contributed by atoms with Crippen LogP contribution in [-0.4, -0.2) is 62.3 Å². The van der Waals surface area contributed by atoms with E-state index in [4.69, 9.17) is 4.18 Å². The first kappa shape index (κ1) is 15.9. The lowest BCUT2D eigenvalue weighted by Crippen LogP contribution is -2.54. The minimum atomic E-state index is -3.37. The van der Waals surface area contributed by atoms with Crippen molar-refractivity contribution in [2.24, 2.45) is 0 Å². The molecule has 0 aliphatic carbocycles. The Morgan fingerprint density at radius 1 is 1.18 bits per heavy atom. The molecule has 1 aromatic carbocycles. The quantitative estimate of drug-likeness (QED) is 0.782. The monoisotopic (exact) mass is 324 g/mol. The van der Waals surface area contributed by atoms with Crippen LogP contribution in [0.3, 0.4) is 0 Å². The van der Waals surface area contributed by atoms with Gasteiger partial charge in [-0.2, -0.15) is 8.42 Å². The molecule has 2 aliphatic rings. The van der Waals surface area contributed by atoms with Crippen LogP contribution in [0.2, 0.25) is 0 Å². The van der Waals surface area contributed by atoms with Crippen LogP contribution in [0.25, 0.3) is 0 Å². The van der Waals surface area contributed by atoms with Gasteiger partial charge in [-0.25, -0.2) is 0 Å². The van der Waals surface area contributed by atoms with Crippen LogP contribution in [0.5, 0.6) is 0 Å². The van der Waals surface area contributed by atoms with Crippen molar-refractivity contribution >= 4 is 10.1 Å². The van der Waals surface area contributed by atoms with E-state index in [9.17, 15) is 8.42 Å². The summed E-state index contributed by atoms with van der Waals surface area (Å²) >= 11 is 0. The number of hydrogen-bond donors (Lipinski definition) is 0. The van der Waals surface area contributed by atoms with E-state index in [0.29, 0.717) is 12.1 Å². The Kier molecular flexibility index (Phi) is 4.54. The number of nitrogens with zero attached hydrogens (tertiary/aromatic N) is 2. The van der Waals surface area contributed by atoms with Crippen LogP contribution in [-0.2, 0) is 20.8 Å². The molecule has 0 aromatic heterocycles. The Bertz CT molecular complexity index is 605. The van der Waals surface area contributed by atoms with Gasteiger partial charge in [-0.05, 0) is 18.9 Å². The standard InChI is InChI=1S/C16H24N2O3S/c1-13-9-17(10-14-6-4-3-5-7-14)11-15-8-16(12-18(13)15)21-22(2,19)20/h3-7,13,15-16H,8-12H2,1-2H3/t13-,15+,16?/m1/s1. The molecule has 0 spiro atoms. The van der Waals surface area contributed by atoms with E-state index in [-0.39, 0.29) is 6.10 Å². The highest BCUT2D eigenvalue weighted by molar-refractivity contribution is 7.86. The summed E-state index contributed by atoms with van der Waals surface area (Å²) in [5, 5.41) is 0. The SMILES string of the molecule is C[C@@H]1CN(Cc2ccccc2)C[C@@H]2CC(OS(C)(=O)=O)CN21. The van der Waals surface area contributed by atoms with Gasteiger partial charge in [-0.15, -0.1) is 0 Å². The first-order valence-corrected chi connectivity index (χ1v) is 9.62. The second kappa shape index (κ2) is 6.28. The lowest BCUT2D eigenvalue weighted by Gasteiger charge is -2.42. The Morgan fingerprint density at radius 3 is 2.59 bits per heavy atom. The van der Waals surface area contributed by atoms with Crippen molar-refractivity contribution in [2.45, 2.75) is 38.1 Å². The maximum atomic E-state index is 11.3. The molecule has 122 valence electrons. The van der Waals surface area contributed by atoms with E-state index in [1.54, 1.807) is 0 Å². The first-order chi connectivity index (χ1) is 10.4. The molecular formula is C16H24N2O3S. The Labute approximate surface area is 133 Å². The van der Waals surface area contributed by atoms with Gasteiger partial charge in [0.2, 0.25) is 0 Å². The zero-order chi connectivity index (χ0) is 15.7. The van der Waals surface area contributed by atoms with Crippen LogP contribution in [0.15, 0.2) is 30.3 Å². The zero-order valence-corrected chi connectivity index (χ0v) is 14.0. The molecule has 2 saturated heterocycles. The number of benzene rings is 1. The summed E-state index contributed by atoms with van der Waals surface area (Å²) in [4.78, 5) is 4.86. The lowest BCUT2D eigenvalue weighted by atomic mass is 10.1. The van der Waals surface area contributed by atoms with Gasteiger partial charge in [-0.1, -0.05) is 30.3 Å². The van der Waals surface area contributed by atoms with Crippen molar-refractivity contribution in [1.82, 2.24) is 9.80 Å². The van der Waals surface area contributed by atoms with E-state index in [2.05, 4.69) is 41.0 Å². The van der Waals surface area contributed by atoms with E-state index in [1.165, 1.54) is 5.56 Å². The lowest BCUT2D eigenvalue weighted by molar-refractivity contribution is 0.0529. The minimum absolute atomic E-state index is 0.195. The summed E-state index contributed by atoms with van der Waals surface area (Å²) in [7, 11) is -3.37. The highest BCUT2D eigenvalue weighted by atomic mass is 32.2. The van der Waals surface area contributed by atoms with Gasteiger partial charge in [0, 0.05) is 38.3 Å². The van der Waals surface area contributed by atoms with Gasteiger partial charge in [0.25, 0.3) is 10.1 Å². The van der Waals surface area contributed by atoms with E-state index in [1.807, 2.05) is 6.07 Å². The number of piperazine rings is 1. The predicted octanol–water partition coefficient (Wildman–Crippen LogP) is 1.31. The molecule has 5 nitrogen and oxygen atoms in total. The summed E-state index contributed by atoms with van der Waals surface area (Å²) in [6.07, 6.45) is 1.73. The first-order valence-electron chi connectivity index (χ1n) is 7.81. The molecule has 1 unspecified atom stereocenters. The molecule has 1 aromatic rings. The Morgan fingerprint density at radius 2 is 1.91 bits per heavy atom. The van der Waals surface area contributed by atoms with Gasteiger partial charge < -0.3 is 0 Å². The molecule has 3 rings (SSSR count). The van der Waals surface area contributed by atoms with E-state index < -0.39 is 10.1 Å². The molecule has 2 fully saturated rings. The maximum absolute atomic E-state index is 11.3. The molecule has 22 heavy (non-hydrogen) atoms. The summed E-state index contributed by atoms with van der Waals surface area (Å²) in [6, 6.07) is 11.3. The van der Waals surface area contributed by atoms with Crippen LogP contribution >= 0.6 is 0 Å². The Balaban J connectivity index is 1.62. The molecule has 2 aliphatic heterocycles. The molecule has 3 atom stereocenters. The van der Waals surface area contributed by atoms with Crippen LogP contribution in [0, 0.1) is 0 Å². The summed E-state index contributed by atoms with van der Waals surface area (Å²) < 4.78 is 27.9. The van der Waals surface area contributed by atoms with Gasteiger partial charge in [0.15, 0.2) is 0 Å². The smallest absolute Gasteiger partial charge is 0.264 e. The minimum Gasteiger partial charge on any atom is -0.296 e. The number of hydrogen-bond acceptors (Lipinski definition) is 5. The average Bonchev–Trinajstić information content (AvgIpc) is 2.80. The third-order valence-corrected chi connectivity index (χ3v) is 5.16. The van der Waals surface area contributed by atoms with Gasteiger partial charge in [0.05, 0.1) is 12.4 Å². The fraction of sp³-hybridized carbons (Fsp3) is 0.625. The molecule has 2 heterocycles. The second-order valence-electron chi connectivity index (χ2n) is 6.54. The average molecular weight is 324 g/mol. The van der Waals surface area contributed by atoms with Gasteiger partial charge in [0.1, 0.15) is 0 Å². The van der Waals surface area contributed by atoms with Gasteiger partial charge >= 0.3 is 0 Å². The second-order valence-corrected chi connectivity index (χ2v) is 8.14. The summed E-state index contributed by atoms with van der Waals surface area (Å²) in [5.41, 5.74) is 1.32. The molecule has 0 amide bonds. The van der Waals surface area contributed by atoms with Crippen molar-refractivity contribution in [2.75, 3.05) is 25.9 Å². The highest BCUT2D eigenvalue weighted by Crippen LogP contribution is 2.28. The highest BCUT2D eigenvalue weighted by Gasteiger charge is 2.41. The molecule has 0 saturated carbocycles. The van der Waals surface area contributed by atoms with Crippen molar-refractivity contribution < 1.29 is 12.6 Å². The van der Waals surface area contributed by atoms with Crippen molar-refractivity contribution in [3.63, 3.8) is 0 Å². The van der Waals surface area contributed by atoms with Crippen LogP contribution in [0.1, 0.15) is 18.9 Å². The van der Waals surface area contributed by atoms with Crippen molar-refractivity contribution in [3.05, 3.63) is 35.9 Å². The predicted molar refractivity (Wildman–Crippen MR) is 86.0 cm³/mol. The zero-order valence-electron chi connectivity index (χ0n) is 13.2. The van der Waals surface area contributed by atoms with Gasteiger partial charge in [-0.3, -0.25) is 14.0 Å². The topological polar surface area (TPSA) is 49.9 Å². The normalized spacial score (nSPS) is 30.4. The van der Waals surface area contributed by atoms with E-state index in [0.717, 1.165) is 38.9 Å². The fourth-order valence-corrected chi connectivity index (χ4v) is 4.39. The molecule has 0 N–H and O–H groups in total. The number of fused-ring (bicyclic) bond motifs is 1. The van der Waals surface area contributed by atoms with Crippen molar-refractivity contribution in [3.8, 4) is 0 Å². The third-order valence-electron chi connectivity index (χ3n) is 4.54. The third kappa shape index (κ3) is 3.87. The van der Waals surface area contributed by atoms with Crippen LogP contribution in [0.4, 0.5) is 0 Å². The molecular weight excluding hydrogens is 300 g/mol. The largest absolute Gasteiger partial charge is 0.296 e. The van der Waals surface area contributed by atoms with Crippen LogP contribution < -0.4 is 0 Å². The van der Waals surface area contributed by atoms with E-state index >= 15 is 0 Å². The molecule has 6 heteroatoms.